The van der Waals surface area contributed by atoms with Gasteiger partial charge >= 0.3 is 5.97 Å². The van der Waals surface area contributed by atoms with Gasteiger partial charge in [-0.05, 0) is 31.2 Å². The molecule has 2 rings (SSSR count). The maximum atomic E-state index is 13.5. The van der Waals surface area contributed by atoms with E-state index in [9.17, 15) is 9.18 Å². The second-order valence-corrected chi connectivity index (χ2v) is 3.97. The van der Waals surface area contributed by atoms with Gasteiger partial charge in [-0.3, -0.25) is 0 Å². The first-order chi connectivity index (χ1) is 9.51. The van der Waals surface area contributed by atoms with Crippen molar-refractivity contribution in [3.05, 3.63) is 53.0 Å². The minimum absolute atomic E-state index is 0.0509. The number of carbonyl (C=O) groups is 1. The number of carboxylic acids is 1. The van der Waals surface area contributed by atoms with Crippen molar-refractivity contribution in [2.75, 3.05) is 0 Å². The van der Waals surface area contributed by atoms with E-state index in [0.717, 1.165) is 12.1 Å². The minimum Gasteiger partial charge on any atom is -0.478 e. The maximum Gasteiger partial charge on any atom is 0.338 e. The van der Waals surface area contributed by atoms with Crippen LogP contribution in [0.5, 0.6) is 11.6 Å². The fraction of sp³-hybridized carbons (Fsp3) is 0.0714. The highest BCUT2D eigenvalue weighted by Crippen LogP contribution is 2.25. The molecular weight excluding hydrogens is 263 g/mol. The van der Waals surface area contributed by atoms with Crippen LogP contribution in [0.4, 0.5) is 4.39 Å². The Morgan fingerprint density at radius 2 is 2.15 bits per heavy atom. The van der Waals surface area contributed by atoms with Crippen LogP contribution in [0.25, 0.3) is 0 Å². The van der Waals surface area contributed by atoms with Crippen LogP contribution in [0.3, 0.4) is 0 Å². The molecule has 0 bridgehead atoms. The Morgan fingerprint density at radius 3 is 2.75 bits per heavy atom. The van der Waals surface area contributed by atoms with Gasteiger partial charge in [-0.2, -0.15) is 5.26 Å². The summed E-state index contributed by atoms with van der Waals surface area (Å²) in [5, 5.41) is 17.7. The second-order valence-electron chi connectivity index (χ2n) is 3.97. The third kappa shape index (κ3) is 2.72. The summed E-state index contributed by atoms with van der Waals surface area (Å²) in [6, 6.07) is 8.44. The highest BCUT2D eigenvalue weighted by Gasteiger charge is 2.13. The number of aryl methyl sites for hydroxylation is 1. The van der Waals surface area contributed by atoms with Gasteiger partial charge in [0.25, 0.3) is 0 Å². The van der Waals surface area contributed by atoms with E-state index in [1.54, 1.807) is 19.1 Å². The summed E-state index contributed by atoms with van der Waals surface area (Å²) >= 11 is 0. The fourth-order valence-electron chi connectivity index (χ4n) is 1.54. The summed E-state index contributed by atoms with van der Waals surface area (Å²) in [6.45, 7) is 1.72. The Labute approximate surface area is 113 Å². The van der Waals surface area contributed by atoms with Gasteiger partial charge in [0.15, 0.2) is 0 Å². The Morgan fingerprint density at radius 1 is 1.40 bits per heavy atom. The molecule has 0 unspecified atom stereocenters. The predicted octanol–water partition coefficient (Wildman–Crippen LogP) is 2.89. The van der Waals surface area contributed by atoms with Gasteiger partial charge in [-0.1, -0.05) is 0 Å². The molecule has 20 heavy (non-hydrogen) atoms. The maximum absolute atomic E-state index is 13.5. The molecule has 1 aromatic heterocycles. The predicted molar refractivity (Wildman–Crippen MR) is 67.1 cm³/mol. The lowest BCUT2D eigenvalue weighted by atomic mass is 10.2. The SMILES string of the molecule is Cc1ccc(C#N)c(Oc2ccc(C(=O)O)c(F)c2)n1. The van der Waals surface area contributed by atoms with Crippen molar-refractivity contribution in [2.24, 2.45) is 0 Å². The van der Waals surface area contributed by atoms with Crippen LogP contribution >= 0.6 is 0 Å². The Hall–Kier alpha value is -2.94. The second kappa shape index (κ2) is 5.36. The number of hydrogen-bond acceptors (Lipinski definition) is 4. The smallest absolute Gasteiger partial charge is 0.338 e. The van der Waals surface area contributed by atoms with Gasteiger partial charge in [-0.15, -0.1) is 0 Å². The number of carboxylic acid groups (broad SMARTS) is 1. The third-order valence-electron chi connectivity index (χ3n) is 2.51. The number of halogens is 1. The van der Waals surface area contributed by atoms with Crippen LogP contribution in [0, 0.1) is 24.1 Å². The summed E-state index contributed by atoms with van der Waals surface area (Å²) in [6.07, 6.45) is 0. The van der Waals surface area contributed by atoms with E-state index >= 15 is 0 Å². The quantitative estimate of drug-likeness (QED) is 0.928. The number of benzene rings is 1. The molecule has 0 saturated carbocycles. The molecule has 0 spiro atoms. The zero-order valence-corrected chi connectivity index (χ0v) is 10.4. The van der Waals surface area contributed by atoms with Crippen LogP contribution < -0.4 is 4.74 Å². The molecule has 0 saturated heterocycles. The van der Waals surface area contributed by atoms with Crippen molar-refractivity contribution in [2.45, 2.75) is 6.92 Å². The van der Waals surface area contributed by atoms with Crippen LogP contribution in [0.15, 0.2) is 30.3 Å². The van der Waals surface area contributed by atoms with Crippen molar-refractivity contribution >= 4 is 5.97 Å². The zero-order valence-electron chi connectivity index (χ0n) is 10.4. The molecule has 0 radical (unpaired) electrons. The number of nitrogens with zero attached hydrogens (tertiary/aromatic N) is 2. The molecule has 5 nitrogen and oxygen atoms in total. The fourth-order valence-corrected chi connectivity index (χ4v) is 1.54. The average molecular weight is 272 g/mol. The highest BCUT2D eigenvalue weighted by atomic mass is 19.1. The lowest BCUT2D eigenvalue weighted by molar-refractivity contribution is 0.0692. The van der Waals surface area contributed by atoms with Crippen molar-refractivity contribution < 1.29 is 19.0 Å². The van der Waals surface area contributed by atoms with E-state index < -0.39 is 17.3 Å². The number of aromatic carboxylic acids is 1. The molecule has 2 aromatic rings. The van der Waals surface area contributed by atoms with Crippen molar-refractivity contribution in [3.63, 3.8) is 0 Å². The van der Waals surface area contributed by atoms with Gasteiger partial charge in [-0.25, -0.2) is 14.2 Å². The monoisotopic (exact) mass is 272 g/mol. The van der Waals surface area contributed by atoms with Crippen LogP contribution in [0.1, 0.15) is 21.6 Å². The summed E-state index contributed by atoms with van der Waals surface area (Å²) < 4.78 is 18.8. The molecule has 0 amide bonds. The van der Waals surface area contributed by atoms with Crippen molar-refractivity contribution in [1.82, 2.24) is 4.98 Å². The number of hydrogen-bond donors (Lipinski definition) is 1. The van der Waals surface area contributed by atoms with Crippen LogP contribution in [-0.2, 0) is 0 Å². The number of rotatable bonds is 3. The molecule has 1 heterocycles. The normalized spacial score (nSPS) is 9.85. The molecule has 0 aliphatic rings. The first-order valence-electron chi connectivity index (χ1n) is 5.59. The summed E-state index contributed by atoms with van der Waals surface area (Å²) in [5.74, 6) is -2.15. The zero-order chi connectivity index (χ0) is 14.7. The van der Waals surface area contributed by atoms with E-state index in [4.69, 9.17) is 15.1 Å². The minimum atomic E-state index is -1.36. The Balaban J connectivity index is 2.36. The van der Waals surface area contributed by atoms with E-state index in [-0.39, 0.29) is 17.2 Å². The van der Waals surface area contributed by atoms with Crippen LogP contribution in [-0.4, -0.2) is 16.1 Å². The van der Waals surface area contributed by atoms with Gasteiger partial charge in [0.1, 0.15) is 23.2 Å². The number of nitriles is 1. The molecule has 6 heteroatoms. The number of ether oxygens (including phenoxy) is 1. The highest BCUT2D eigenvalue weighted by molar-refractivity contribution is 5.88. The first kappa shape index (κ1) is 13.5. The third-order valence-corrected chi connectivity index (χ3v) is 2.51. The molecule has 0 aliphatic heterocycles. The van der Waals surface area contributed by atoms with E-state index in [1.165, 1.54) is 6.07 Å². The molecular formula is C14H9FN2O3. The molecule has 0 fully saturated rings. The summed E-state index contributed by atoms with van der Waals surface area (Å²) in [4.78, 5) is 14.7. The van der Waals surface area contributed by atoms with Crippen LogP contribution in [0.2, 0.25) is 0 Å². The van der Waals surface area contributed by atoms with Gasteiger partial charge in [0, 0.05) is 11.8 Å². The molecule has 1 aromatic carbocycles. The van der Waals surface area contributed by atoms with E-state index in [1.807, 2.05) is 6.07 Å². The first-order valence-corrected chi connectivity index (χ1v) is 5.59. The molecule has 0 aliphatic carbocycles. The molecule has 1 N–H and O–H groups in total. The lowest BCUT2D eigenvalue weighted by Gasteiger charge is -2.07. The van der Waals surface area contributed by atoms with E-state index in [0.29, 0.717) is 5.69 Å². The van der Waals surface area contributed by atoms with Gasteiger partial charge in [0.2, 0.25) is 5.88 Å². The summed E-state index contributed by atoms with van der Waals surface area (Å²) in [5.41, 5.74) is 0.398. The number of aromatic nitrogens is 1. The largest absolute Gasteiger partial charge is 0.478 e. The topological polar surface area (TPSA) is 83.2 Å². The van der Waals surface area contributed by atoms with Gasteiger partial charge < -0.3 is 9.84 Å². The Bertz CT molecular complexity index is 723. The molecule has 0 atom stereocenters. The van der Waals surface area contributed by atoms with Crippen molar-refractivity contribution in [3.8, 4) is 17.7 Å². The van der Waals surface area contributed by atoms with Gasteiger partial charge in [0.05, 0.1) is 5.56 Å². The average Bonchev–Trinajstić information content (AvgIpc) is 2.38. The Kier molecular flexibility index (Phi) is 3.62. The summed E-state index contributed by atoms with van der Waals surface area (Å²) in [7, 11) is 0. The lowest BCUT2D eigenvalue weighted by Crippen LogP contribution is -2.01. The number of pyridine rings is 1. The van der Waals surface area contributed by atoms with Crippen molar-refractivity contribution in [1.29, 1.82) is 5.26 Å². The van der Waals surface area contributed by atoms with E-state index in [2.05, 4.69) is 4.98 Å². The standard InChI is InChI=1S/C14H9FN2O3/c1-8-2-3-9(7-16)13(17-8)20-10-4-5-11(14(18)19)12(15)6-10/h2-6H,1H3,(H,18,19). The molecule has 100 valence electrons.